The van der Waals surface area contributed by atoms with Crippen molar-refractivity contribution in [3.63, 3.8) is 0 Å². The van der Waals surface area contributed by atoms with Gasteiger partial charge >= 0.3 is 6.18 Å². The maximum atomic E-state index is 13.4. The minimum Gasteiger partial charge on any atom is -0.381 e. The van der Waals surface area contributed by atoms with E-state index in [2.05, 4.69) is 15.3 Å². The van der Waals surface area contributed by atoms with Gasteiger partial charge in [0.2, 0.25) is 0 Å². The number of anilines is 1. The lowest BCUT2D eigenvalue weighted by Crippen LogP contribution is -2.28. The van der Waals surface area contributed by atoms with E-state index in [1.165, 1.54) is 12.1 Å². The Balaban J connectivity index is 1.85. The number of rotatable bonds is 3. The number of pyridine rings is 1. The van der Waals surface area contributed by atoms with Crippen LogP contribution in [0.25, 0.3) is 22.3 Å². The quantitative estimate of drug-likeness (QED) is 0.626. The number of hydrogen-bond donors (Lipinski definition) is 2. The van der Waals surface area contributed by atoms with Crippen molar-refractivity contribution in [2.24, 2.45) is 0 Å². The van der Waals surface area contributed by atoms with E-state index in [0.29, 0.717) is 22.3 Å². The molecule has 0 aliphatic heterocycles. The first-order valence-electron chi connectivity index (χ1n) is 8.03. The van der Waals surface area contributed by atoms with Crippen molar-refractivity contribution < 1.29 is 17.6 Å². The van der Waals surface area contributed by atoms with Crippen molar-refractivity contribution in [1.82, 2.24) is 9.97 Å². The predicted octanol–water partition coefficient (Wildman–Crippen LogP) is 5.35. The lowest BCUT2D eigenvalue weighted by atomic mass is 9.92. The summed E-state index contributed by atoms with van der Waals surface area (Å²) in [6.45, 7) is 0. The molecule has 1 saturated carbocycles. The van der Waals surface area contributed by atoms with E-state index in [-0.39, 0.29) is 17.5 Å². The second kappa shape index (κ2) is 5.75. The molecule has 7 heteroatoms. The van der Waals surface area contributed by atoms with Gasteiger partial charge in [-0.2, -0.15) is 13.2 Å². The Morgan fingerprint density at radius 2 is 1.84 bits per heavy atom. The van der Waals surface area contributed by atoms with Crippen LogP contribution >= 0.6 is 0 Å². The molecule has 3 aromatic rings. The van der Waals surface area contributed by atoms with Gasteiger partial charge in [-0.05, 0) is 55.2 Å². The highest BCUT2D eigenvalue weighted by atomic mass is 19.4. The SMILES string of the molecule is Fc1ccc(-c2cc3c(NC4CCC4)c(C(F)(F)F)cnc3[nH]2)cc1. The molecule has 3 nitrogen and oxygen atoms in total. The number of fused-ring (bicyclic) bond motifs is 1. The van der Waals surface area contributed by atoms with Crippen LogP contribution in [0.5, 0.6) is 0 Å². The van der Waals surface area contributed by atoms with Crippen molar-refractivity contribution >= 4 is 16.7 Å². The lowest BCUT2D eigenvalue weighted by Gasteiger charge is -2.29. The van der Waals surface area contributed by atoms with Crippen LogP contribution in [0, 0.1) is 5.82 Å². The highest BCUT2D eigenvalue weighted by Crippen LogP contribution is 2.40. The van der Waals surface area contributed by atoms with Crippen molar-refractivity contribution in [3.8, 4) is 11.3 Å². The van der Waals surface area contributed by atoms with E-state index in [0.717, 1.165) is 25.5 Å². The van der Waals surface area contributed by atoms with Crippen LogP contribution in [-0.2, 0) is 6.18 Å². The van der Waals surface area contributed by atoms with Crippen molar-refractivity contribution in [1.29, 1.82) is 0 Å². The van der Waals surface area contributed by atoms with Gasteiger partial charge in [-0.3, -0.25) is 0 Å². The fourth-order valence-electron chi connectivity index (χ4n) is 2.99. The summed E-state index contributed by atoms with van der Waals surface area (Å²) in [5, 5.41) is 3.42. The van der Waals surface area contributed by atoms with Crippen molar-refractivity contribution in [2.45, 2.75) is 31.5 Å². The molecule has 25 heavy (non-hydrogen) atoms. The molecule has 1 aliphatic carbocycles. The number of nitrogens with one attached hydrogen (secondary N) is 2. The van der Waals surface area contributed by atoms with E-state index in [1.54, 1.807) is 18.2 Å². The maximum absolute atomic E-state index is 13.4. The fourth-order valence-corrected chi connectivity index (χ4v) is 2.99. The summed E-state index contributed by atoms with van der Waals surface area (Å²) >= 11 is 0. The number of halogens is 4. The van der Waals surface area contributed by atoms with E-state index in [4.69, 9.17) is 0 Å². The van der Waals surface area contributed by atoms with Gasteiger partial charge in [0.1, 0.15) is 11.5 Å². The van der Waals surface area contributed by atoms with Gasteiger partial charge in [0.05, 0.1) is 11.3 Å². The smallest absolute Gasteiger partial charge is 0.381 e. The summed E-state index contributed by atoms with van der Waals surface area (Å²) in [6.07, 6.45) is -0.900. The molecule has 0 unspecified atom stereocenters. The molecule has 0 bridgehead atoms. The molecule has 1 aromatic carbocycles. The Morgan fingerprint density at radius 3 is 2.44 bits per heavy atom. The number of aromatic nitrogens is 2. The molecule has 0 spiro atoms. The molecule has 4 rings (SSSR count). The minimum absolute atomic E-state index is 0.0517. The average Bonchev–Trinajstić information content (AvgIpc) is 2.94. The van der Waals surface area contributed by atoms with Gasteiger partial charge in [-0.1, -0.05) is 0 Å². The topological polar surface area (TPSA) is 40.7 Å². The number of nitrogens with zero attached hydrogens (tertiary/aromatic N) is 1. The molecule has 1 aliphatic rings. The Morgan fingerprint density at radius 1 is 1.12 bits per heavy atom. The van der Waals surface area contributed by atoms with Gasteiger partial charge in [-0.25, -0.2) is 9.37 Å². The highest BCUT2D eigenvalue weighted by molar-refractivity contribution is 5.95. The number of alkyl halides is 3. The van der Waals surface area contributed by atoms with Gasteiger partial charge in [0.25, 0.3) is 0 Å². The van der Waals surface area contributed by atoms with Crippen LogP contribution in [-0.4, -0.2) is 16.0 Å². The van der Waals surface area contributed by atoms with Crippen LogP contribution in [0.3, 0.4) is 0 Å². The normalized spacial score (nSPS) is 15.4. The Bertz CT molecular complexity index is 908. The second-order valence-electron chi connectivity index (χ2n) is 6.27. The Hall–Kier alpha value is -2.57. The molecule has 2 heterocycles. The molecular formula is C18H15F4N3. The molecule has 2 N–H and O–H groups in total. The van der Waals surface area contributed by atoms with Crippen LogP contribution < -0.4 is 5.32 Å². The zero-order valence-electron chi connectivity index (χ0n) is 13.1. The fraction of sp³-hybridized carbons (Fsp3) is 0.278. The third-order valence-corrected chi connectivity index (χ3v) is 4.57. The summed E-state index contributed by atoms with van der Waals surface area (Å²) in [4.78, 5) is 6.95. The van der Waals surface area contributed by atoms with E-state index >= 15 is 0 Å². The van der Waals surface area contributed by atoms with Crippen LogP contribution in [0.15, 0.2) is 36.5 Å². The lowest BCUT2D eigenvalue weighted by molar-refractivity contribution is -0.137. The summed E-state index contributed by atoms with van der Waals surface area (Å²) in [5.74, 6) is -0.371. The Labute approximate surface area is 141 Å². The monoisotopic (exact) mass is 349 g/mol. The van der Waals surface area contributed by atoms with E-state index in [1.807, 2.05) is 0 Å². The standard InChI is InChI=1S/C18H15F4N3/c19-11-6-4-10(5-7-11)15-8-13-16(24-12-2-1-3-12)14(18(20,21)22)9-23-17(13)25-15/h4-9,12H,1-3H2,(H2,23,24,25). The summed E-state index contributed by atoms with van der Waals surface area (Å²) < 4.78 is 53.3. The molecular weight excluding hydrogens is 334 g/mol. The molecule has 130 valence electrons. The zero-order valence-corrected chi connectivity index (χ0v) is 13.1. The molecule has 0 amide bonds. The molecule has 0 atom stereocenters. The highest BCUT2D eigenvalue weighted by Gasteiger charge is 2.36. The first-order valence-corrected chi connectivity index (χ1v) is 8.03. The van der Waals surface area contributed by atoms with Crippen molar-refractivity contribution in [3.05, 3.63) is 47.9 Å². The minimum atomic E-state index is -4.49. The second-order valence-corrected chi connectivity index (χ2v) is 6.27. The number of benzene rings is 1. The van der Waals surface area contributed by atoms with E-state index in [9.17, 15) is 17.6 Å². The predicted molar refractivity (Wildman–Crippen MR) is 87.8 cm³/mol. The maximum Gasteiger partial charge on any atom is 0.419 e. The molecule has 0 saturated heterocycles. The van der Waals surface area contributed by atoms with Crippen LogP contribution in [0.1, 0.15) is 24.8 Å². The summed E-state index contributed by atoms with van der Waals surface area (Å²) in [5.41, 5.74) is 0.943. The third kappa shape index (κ3) is 2.94. The first-order chi connectivity index (χ1) is 11.9. The van der Waals surface area contributed by atoms with E-state index < -0.39 is 11.7 Å². The third-order valence-electron chi connectivity index (χ3n) is 4.57. The number of H-pyrrole nitrogens is 1. The van der Waals surface area contributed by atoms with Crippen LogP contribution in [0.2, 0.25) is 0 Å². The van der Waals surface area contributed by atoms with Crippen molar-refractivity contribution in [2.75, 3.05) is 5.32 Å². The molecule has 1 fully saturated rings. The summed E-state index contributed by atoms with van der Waals surface area (Å²) in [7, 11) is 0. The molecule has 0 radical (unpaired) electrons. The van der Waals surface area contributed by atoms with Gasteiger partial charge in [0.15, 0.2) is 0 Å². The Kier molecular flexibility index (Phi) is 3.67. The average molecular weight is 349 g/mol. The largest absolute Gasteiger partial charge is 0.419 e. The number of hydrogen-bond acceptors (Lipinski definition) is 2. The van der Waals surface area contributed by atoms with Gasteiger partial charge in [0, 0.05) is 23.3 Å². The van der Waals surface area contributed by atoms with Crippen LogP contribution in [0.4, 0.5) is 23.2 Å². The zero-order chi connectivity index (χ0) is 17.6. The number of aromatic amines is 1. The summed E-state index contributed by atoms with van der Waals surface area (Å²) in [6, 6.07) is 7.45. The van der Waals surface area contributed by atoms with Gasteiger partial charge < -0.3 is 10.3 Å². The van der Waals surface area contributed by atoms with Gasteiger partial charge in [-0.15, -0.1) is 0 Å². The molecule has 2 aromatic heterocycles. The first kappa shape index (κ1) is 15.9.